The molecule has 104 valence electrons. The Kier molecular flexibility index (Phi) is 6.62. The summed E-state index contributed by atoms with van der Waals surface area (Å²) in [6.45, 7) is 7.04. The smallest absolute Gasteiger partial charge is 0.0883 e. The number of aliphatic hydroxyl groups excluding tert-OH is 4. The van der Waals surface area contributed by atoms with Crippen LogP contribution in [0, 0.1) is 10.8 Å². The maximum absolute atomic E-state index is 10.3. The first-order valence-corrected chi connectivity index (χ1v) is 6.45. The average Bonchev–Trinajstić information content (AvgIpc) is 2.39. The van der Waals surface area contributed by atoms with E-state index in [0.717, 1.165) is 0 Å². The van der Waals surface area contributed by atoms with Crippen LogP contribution in [0.25, 0.3) is 0 Å². The molecule has 0 saturated heterocycles. The first kappa shape index (κ1) is 16.8. The second-order valence-corrected chi connectivity index (χ2v) is 5.28. The number of rotatable bonds is 8. The molecule has 0 aromatic carbocycles. The minimum Gasteiger partial charge on any atom is -0.396 e. The van der Waals surface area contributed by atoms with E-state index in [2.05, 4.69) is 0 Å². The van der Waals surface area contributed by atoms with Crippen molar-refractivity contribution in [1.82, 2.24) is 0 Å². The molecule has 0 spiro atoms. The molecular formula is C13H28O4. The predicted molar refractivity (Wildman–Crippen MR) is 67.6 cm³/mol. The van der Waals surface area contributed by atoms with Crippen LogP contribution < -0.4 is 0 Å². The molecule has 17 heavy (non-hydrogen) atoms. The van der Waals surface area contributed by atoms with Gasteiger partial charge in [0.25, 0.3) is 0 Å². The standard InChI is InChI=1S/C13H28O4/c1-5-12(4,8-14)10(16)11(17)13(6-2,7-3)9-15/h10-11,14-17H,5-9H2,1-4H3. The molecule has 4 nitrogen and oxygen atoms in total. The summed E-state index contributed by atoms with van der Waals surface area (Å²) in [5.74, 6) is 0. The maximum atomic E-state index is 10.3. The summed E-state index contributed by atoms with van der Waals surface area (Å²) >= 11 is 0. The van der Waals surface area contributed by atoms with Gasteiger partial charge in [0.1, 0.15) is 0 Å². The van der Waals surface area contributed by atoms with Gasteiger partial charge in [-0.2, -0.15) is 0 Å². The molecule has 0 aromatic heterocycles. The van der Waals surface area contributed by atoms with Crippen molar-refractivity contribution in [3.05, 3.63) is 0 Å². The molecule has 0 aliphatic heterocycles. The SMILES string of the molecule is CCC(C)(CO)C(O)C(O)C(CC)(CC)CO. The van der Waals surface area contributed by atoms with Crippen LogP contribution in [0.1, 0.15) is 47.0 Å². The lowest BCUT2D eigenvalue weighted by molar-refractivity contribution is -0.143. The molecule has 3 atom stereocenters. The molecule has 3 unspecified atom stereocenters. The average molecular weight is 248 g/mol. The normalized spacial score (nSPS) is 19.8. The van der Waals surface area contributed by atoms with Gasteiger partial charge in [-0.15, -0.1) is 0 Å². The van der Waals surface area contributed by atoms with Crippen LogP contribution in [0.3, 0.4) is 0 Å². The molecule has 0 saturated carbocycles. The van der Waals surface area contributed by atoms with Gasteiger partial charge in [-0.3, -0.25) is 0 Å². The van der Waals surface area contributed by atoms with Crippen molar-refractivity contribution in [1.29, 1.82) is 0 Å². The van der Waals surface area contributed by atoms with Crippen LogP contribution in [-0.2, 0) is 0 Å². The van der Waals surface area contributed by atoms with Gasteiger partial charge in [-0.05, 0) is 19.3 Å². The topological polar surface area (TPSA) is 80.9 Å². The lowest BCUT2D eigenvalue weighted by atomic mass is 9.69. The van der Waals surface area contributed by atoms with E-state index in [1.165, 1.54) is 0 Å². The first-order chi connectivity index (χ1) is 7.87. The zero-order chi connectivity index (χ0) is 13.7. The molecule has 0 fully saturated rings. The number of hydrogen-bond acceptors (Lipinski definition) is 4. The third-order valence-corrected chi connectivity index (χ3v) is 4.53. The van der Waals surface area contributed by atoms with E-state index in [-0.39, 0.29) is 13.2 Å². The molecule has 0 radical (unpaired) electrons. The van der Waals surface area contributed by atoms with Crippen molar-refractivity contribution < 1.29 is 20.4 Å². The van der Waals surface area contributed by atoms with Crippen LogP contribution in [0.15, 0.2) is 0 Å². The molecule has 4 heteroatoms. The fourth-order valence-electron chi connectivity index (χ4n) is 2.12. The second-order valence-electron chi connectivity index (χ2n) is 5.28. The van der Waals surface area contributed by atoms with Crippen molar-refractivity contribution >= 4 is 0 Å². The first-order valence-electron chi connectivity index (χ1n) is 6.45. The van der Waals surface area contributed by atoms with Crippen molar-refractivity contribution in [2.24, 2.45) is 10.8 Å². The number of aliphatic hydroxyl groups is 4. The Labute approximate surface area is 104 Å². The van der Waals surface area contributed by atoms with Crippen molar-refractivity contribution in [3.8, 4) is 0 Å². The summed E-state index contributed by atoms with van der Waals surface area (Å²) in [6, 6.07) is 0. The summed E-state index contributed by atoms with van der Waals surface area (Å²) in [4.78, 5) is 0. The minimum atomic E-state index is -1.04. The Morgan fingerprint density at radius 2 is 1.29 bits per heavy atom. The van der Waals surface area contributed by atoms with Crippen LogP contribution in [0.5, 0.6) is 0 Å². The molecule has 4 N–H and O–H groups in total. The highest BCUT2D eigenvalue weighted by Gasteiger charge is 2.45. The summed E-state index contributed by atoms with van der Waals surface area (Å²) in [6.07, 6.45) is -0.326. The van der Waals surface area contributed by atoms with Gasteiger partial charge in [0, 0.05) is 10.8 Å². The van der Waals surface area contributed by atoms with Gasteiger partial charge in [-0.25, -0.2) is 0 Å². The van der Waals surface area contributed by atoms with Gasteiger partial charge in [0.15, 0.2) is 0 Å². The molecule has 0 amide bonds. The van der Waals surface area contributed by atoms with Gasteiger partial charge < -0.3 is 20.4 Å². The zero-order valence-corrected chi connectivity index (χ0v) is 11.5. The second kappa shape index (κ2) is 6.69. The third kappa shape index (κ3) is 3.19. The van der Waals surface area contributed by atoms with Crippen molar-refractivity contribution in [2.75, 3.05) is 13.2 Å². The van der Waals surface area contributed by atoms with E-state index < -0.39 is 23.0 Å². The van der Waals surface area contributed by atoms with Crippen molar-refractivity contribution in [3.63, 3.8) is 0 Å². The van der Waals surface area contributed by atoms with Crippen molar-refractivity contribution in [2.45, 2.75) is 59.2 Å². The van der Waals surface area contributed by atoms with Crippen LogP contribution >= 0.6 is 0 Å². The van der Waals surface area contributed by atoms with E-state index in [9.17, 15) is 20.4 Å². The van der Waals surface area contributed by atoms with Gasteiger partial charge in [0.2, 0.25) is 0 Å². The lowest BCUT2D eigenvalue weighted by Crippen LogP contribution is -2.52. The highest BCUT2D eigenvalue weighted by molar-refractivity contribution is 4.95. The van der Waals surface area contributed by atoms with Gasteiger partial charge in [0.05, 0.1) is 25.4 Å². The monoisotopic (exact) mass is 248 g/mol. The summed E-state index contributed by atoms with van der Waals surface area (Å²) in [5, 5.41) is 39.4. The molecule has 0 rings (SSSR count). The molecular weight excluding hydrogens is 220 g/mol. The Hall–Kier alpha value is -0.160. The molecule has 0 aromatic rings. The van der Waals surface area contributed by atoms with E-state index in [1.54, 1.807) is 6.92 Å². The predicted octanol–water partition coefficient (Wildman–Crippen LogP) is 0.915. The molecule has 0 heterocycles. The highest BCUT2D eigenvalue weighted by atomic mass is 16.3. The van der Waals surface area contributed by atoms with E-state index in [4.69, 9.17) is 0 Å². The largest absolute Gasteiger partial charge is 0.396 e. The third-order valence-electron chi connectivity index (χ3n) is 4.53. The fraction of sp³-hybridized carbons (Fsp3) is 1.00. The fourth-order valence-corrected chi connectivity index (χ4v) is 2.12. The number of hydrogen-bond donors (Lipinski definition) is 4. The van der Waals surface area contributed by atoms with Crippen LogP contribution in [0.4, 0.5) is 0 Å². The highest BCUT2D eigenvalue weighted by Crippen LogP contribution is 2.38. The lowest BCUT2D eigenvalue weighted by Gasteiger charge is -2.43. The van der Waals surface area contributed by atoms with E-state index >= 15 is 0 Å². The Balaban J connectivity index is 5.07. The van der Waals surface area contributed by atoms with Crippen LogP contribution in [0.2, 0.25) is 0 Å². The van der Waals surface area contributed by atoms with Gasteiger partial charge >= 0.3 is 0 Å². The Morgan fingerprint density at radius 3 is 1.53 bits per heavy atom. The summed E-state index contributed by atoms with van der Waals surface area (Å²) in [7, 11) is 0. The summed E-state index contributed by atoms with van der Waals surface area (Å²) < 4.78 is 0. The van der Waals surface area contributed by atoms with E-state index in [1.807, 2.05) is 20.8 Å². The minimum absolute atomic E-state index is 0.163. The Bertz CT molecular complexity index is 201. The molecule has 0 aliphatic rings. The molecule has 0 aliphatic carbocycles. The quantitative estimate of drug-likeness (QED) is 0.515. The summed E-state index contributed by atoms with van der Waals surface area (Å²) in [5.41, 5.74) is -1.42. The maximum Gasteiger partial charge on any atom is 0.0883 e. The molecule has 0 bridgehead atoms. The van der Waals surface area contributed by atoms with Gasteiger partial charge in [-0.1, -0.05) is 27.7 Å². The van der Waals surface area contributed by atoms with E-state index in [0.29, 0.717) is 19.3 Å². The van der Waals surface area contributed by atoms with Crippen LogP contribution in [-0.4, -0.2) is 45.8 Å². The Morgan fingerprint density at radius 1 is 0.824 bits per heavy atom. The zero-order valence-electron chi connectivity index (χ0n) is 11.5.